The molecule has 2 N–H and O–H groups in total. The molecule has 0 bridgehead atoms. The maximum absolute atomic E-state index is 12.8. The Bertz CT molecular complexity index is 1030. The lowest BCUT2D eigenvalue weighted by atomic mass is 9.95. The summed E-state index contributed by atoms with van der Waals surface area (Å²) in [5.74, 6) is 0.321. The summed E-state index contributed by atoms with van der Waals surface area (Å²) >= 11 is 0. The normalized spacial score (nSPS) is 14.4. The van der Waals surface area contributed by atoms with Crippen molar-refractivity contribution < 1.29 is 14.3 Å². The Morgan fingerprint density at radius 2 is 1.97 bits per heavy atom. The third kappa shape index (κ3) is 4.17. The lowest BCUT2D eigenvalue weighted by molar-refractivity contribution is -0.121. The van der Waals surface area contributed by atoms with Gasteiger partial charge >= 0.3 is 0 Å². The van der Waals surface area contributed by atoms with Crippen LogP contribution in [0.2, 0.25) is 0 Å². The van der Waals surface area contributed by atoms with E-state index in [9.17, 15) is 9.59 Å². The van der Waals surface area contributed by atoms with E-state index < -0.39 is 0 Å². The molecule has 154 valence electrons. The van der Waals surface area contributed by atoms with E-state index in [0.717, 1.165) is 5.56 Å². The van der Waals surface area contributed by atoms with Crippen molar-refractivity contribution in [3.63, 3.8) is 0 Å². The molecule has 8 heteroatoms. The smallest absolute Gasteiger partial charge is 0.271 e. The van der Waals surface area contributed by atoms with Crippen LogP contribution in [-0.2, 0) is 4.79 Å². The fourth-order valence-electron chi connectivity index (χ4n) is 3.59. The van der Waals surface area contributed by atoms with Gasteiger partial charge in [-0.2, -0.15) is 5.10 Å². The molecule has 1 aliphatic heterocycles. The van der Waals surface area contributed by atoms with E-state index in [1.165, 1.54) is 0 Å². The molecule has 1 saturated heterocycles. The lowest BCUT2D eigenvalue weighted by Crippen LogP contribution is -2.41. The van der Waals surface area contributed by atoms with Crippen molar-refractivity contribution in [3.05, 3.63) is 60.6 Å². The Labute approximate surface area is 174 Å². The predicted molar refractivity (Wildman–Crippen MR) is 112 cm³/mol. The Kier molecular flexibility index (Phi) is 5.74. The lowest BCUT2D eigenvalue weighted by Gasteiger charge is -2.31. The molecule has 0 unspecified atom stereocenters. The highest BCUT2D eigenvalue weighted by atomic mass is 16.5. The van der Waals surface area contributed by atoms with Crippen molar-refractivity contribution in [2.75, 3.05) is 25.5 Å². The number of pyridine rings is 1. The summed E-state index contributed by atoms with van der Waals surface area (Å²) in [6.07, 6.45) is 4.61. The first-order chi connectivity index (χ1) is 14.7. The molecule has 2 amide bonds. The summed E-state index contributed by atoms with van der Waals surface area (Å²) in [4.78, 5) is 31.3. The molecule has 1 aliphatic rings. The number of nitrogens with one attached hydrogen (secondary N) is 2. The molecule has 3 aromatic rings. The highest BCUT2D eigenvalue weighted by Gasteiger charge is 2.29. The average Bonchev–Trinajstić information content (AvgIpc) is 3.30. The van der Waals surface area contributed by atoms with Crippen LogP contribution in [0.1, 0.15) is 23.3 Å². The molecule has 2 aromatic heterocycles. The van der Waals surface area contributed by atoms with Crippen molar-refractivity contribution in [2.24, 2.45) is 5.92 Å². The van der Waals surface area contributed by atoms with Gasteiger partial charge in [0.15, 0.2) is 0 Å². The molecule has 0 radical (unpaired) electrons. The third-order valence-electron chi connectivity index (χ3n) is 5.28. The zero-order chi connectivity index (χ0) is 20.9. The summed E-state index contributed by atoms with van der Waals surface area (Å²) in [5.41, 5.74) is 2.62. The number of hydrogen-bond acceptors (Lipinski definition) is 5. The molecule has 0 saturated carbocycles. The van der Waals surface area contributed by atoms with Gasteiger partial charge in [-0.15, -0.1) is 0 Å². The highest BCUT2D eigenvalue weighted by Crippen LogP contribution is 2.26. The number of amides is 2. The van der Waals surface area contributed by atoms with Gasteiger partial charge < -0.3 is 15.0 Å². The number of nitrogens with zero attached hydrogens (tertiary/aromatic N) is 3. The number of H-pyrrole nitrogens is 1. The number of carbonyl (C=O) groups is 2. The van der Waals surface area contributed by atoms with E-state index in [4.69, 9.17) is 4.74 Å². The third-order valence-corrected chi connectivity index (χ3v) is 5.28. The van der Waals surface area contributed by atoms with Crippen LogP contribution in [0.3, 0.4) is 0 Å². The quantitative estimate of drug-likeness (QED) is 0.680. The van der Waals surface area contributed by atoms with Gasteiger partial charge in [-0.1, -0.05) is 12.1 Å². The van der Waals surface area contributed by atoms with Gasteiger partial charge in [0.1, 0.15) is 11.4 Å². The van der Waals surface area contributed by atoms with Crippen LogP contribution in [-0.4, -0.2) is 52.1 Å². The maximum atomic E-state index is 12.8. The SMILES string of the molecule is COc1ccccc1NC(=O)C1CCN(C(=O)c2cc(-c3cccnc3)n[nH]2)CC1. The molecule has 3 heterocycles. The van der Waals surface area contributed by atoms with Gasteiger partial charge in [0.05, 0.1) is 18.5 Å². The summed E-state index contributed by atoms with van der Waals surface area (Å²) in [6.45, 7) is 1.04. The Hall–Kier alpha value is -3.68. The number of anilines is 1. The van der Waals surface area contributed by atoms with E-state index in [1.807, 2.05) is 30.3 Å². The zero-order valence-electron chi connectivity index (χ0n) is 16.7. The van der Waals surface area contributed by atoms with Gasteiger partial charge in [0, 0.05) is 37.0 Å². The Morgan fingerprint density at radius 1 is 1.17 bits per heavy atom. The number of carbonyl (C=O) groups excluding carboxylic acids is 2. The molecule has 1 fully saturated rings. The number of rotatable bonds is 5. The van der Waals surface area contributed by atoms with Gasteiger partial charge in [-0.3, -0.25) is 19.7 Å². The summed E-state index contributed by atoms with van der Waals surface area (Å²) in [6, 6.07) is 12.8. The number of likely N-dealkylation sites (tertiary alicyclic amines) is 1. The number of benzene rings is 1. The number of piperidine rings is 1. The van der Waals surface area contributed by atoms with Crippen LogP contribution in [0.4, 0.5) is 5.69 Å². The van der Waals surface area contributed by atoms with Gasteiger partial charge in [-0.25, -0.2) is 0 Å². The maximum Gasteiger partial charge on any atom is 0.271 e. The van der Waals surface area contributed by atoms with Crippen molar-refractivity contribution in [1.82, 2.24) is 20.1 Å². The Morgan fingerprint density at radius 3 is 2.70 bits per heavy atom. The largest absolute Gasteiger partial charge is 0.495 e. The fraction of sp³-hybridized carbons (Fsp3) is 0.273. The standard InChI is InChI=1S/C22H23N5O3/c1-30-20-7-3-2-6-17(20)24-21(28)15-8-11-27(12-9-15)22(29)19-13-18(25-26-19)16-5-4-10-23-14-16/h2-7,10,13-15H,8-9,11-12H2,1H3,(H,24,28)(H,25,26). The van der Waals surface area contributed by atoms with E-state index in [-0.39, 0.29) is 17.7 Å². The van der Waals surface area contributed by atoms with E-state index in [2.05, 4.69) is 20.5 Å². The number of para-hydroxylation sites is 2. The van der Waals surface area contributed by atoms with Crippen LogP contribution in [0.25, 0.3) is 11.3 Å². The number of ether oxygens (including phenoxy) is 1. The zero-order valence-corrected chi connectivity index (χ0v) is 16.7. The molecule has 1 aromatic carbocycles. The first-order valence-corrected chi connectivity index (χ1v) is 9.84. The first-order valence-electron chi connectivity index (χ1n) is 9.84. The first kappa shape index (κ1) is 19.6. The van der Waals surface area contributed by atoms with Crippen molar-refractivity contribution in [3.8, 4) is 17.0 Å². The second kappa shape index (κ2) is 8.77. The van der Waals surface area contributed by atoms with Crippen LogP contribution >= 0.6 is 0 Å². The minimum atomic E-state index is -0.147. The van der Waals surface area contributed by atoms with E-state index in [1.54, 1.807) is 36.5 Å². The molecular weight excluding hydrogens is 382 g/mol. The van der Waals surface area contributed by atoms with Crippen LogP contribution in [0, 0.1) is 5.92 Å². The van der Waals surface area contributed by atoms with Gasteiger partial charge in [0.25, 0.3) is 5.91 Å². The number of aromatic nitrogens is 3. The van der Waals surface area contributed by atoms with Crippen molar-refractivity contribution in [2.45, 2.75) is 12.8 Å². The monoisotopic (exact) mass is 405 g/mol. The molecule has 4 rings (SSSR count). The van der Waals surface area contributed by atoms with Crippen LogP contribution < -0.4 is 10.1 Å². The minimum Gasteiger partial charge on any atom is -0.495 e. The summed E-state index contributed by atoms with van der Waals surface area (Å²) < 4.78 is 5.28. The molecule has 0 aliphatic carbocycles. The second-order valence-electron chi connectivity index (χ2n) is 7.16. The molecule has 30 heavy (non-hydrogen) atoms. The molecular formula is C22H23N5O3. The average molecular weight is 405 g/mol. The number of aromatic amines is 1. The summed E-state index contributed by atoms with van der Waals surface area (Å²) in [7, 11) is 1.57. The van der Waals surface area contributed by atoms with Crippen LogP contribution in [0.15, 0.2) is 54.9 Å². The molecule has 8 nitrogen and oxygen atoms in total. The van der Waals surface area contributed by atoms with Crippen molar-refractivity contribution >= 4 is 17.5 Å². The minimum absolute atomic E-state index is 0.0491. The fourth-order valence-corrected chi connectivity index (χ4v) is 3.59. The predicted octanol–water partition coefficient (Wildman–Crippen LogP) is 2.97. The second-order valence-corrected chi connectivity index (χ2v) is 7.16. The van der Waals surface area contributed by atoms with E-state index in [0.29, 0.717) is 48.8 Å². The van der Waals surface area contributed by atoms with Crippen molar-refractivity contribution in [1.29, 1.82) is 0 Å². The highest BCUT2D eigenvalue weighted by molar-refractivity contribution is 5.95. The summed E-state index contributed by atoms with van der Waals surface area (Å²) in [5, 5.41) is 9.98. The van der Waals surface area contributed by atoms with E-state index >= 15 is 0 Å². The van der Waals surface area contributed by atoms with Crippen LogP contribution in [0.5, 0.6) is 5.75 Å². The Balaban J connectivity index is 1.35. The topological polar surface area (TPSA) is 100 Å². The molecule has 0 atom stereocenters. The molecule has 0 spiro atoms. The van der Waals surface area contributed by atoms with Gasteiger partial charge in [-0.05, 0) is 43.2 Å². The number of hydrogen-bond donors (Lipinski definition) is 2. The van der Waals surface area contributed by atoms with Gasteiger partial charge in [0.2, 0.25) is 5.91 Å². The number of methoxy groups -OCH3 is 1.